The van der Waals surface area contributed by atoms with Gasteiger partial charge in [0, 0.05) is 16.7 Å². The number of anilines is 1. The van der Waals surface area contributed by atoms with Crippen LogP contribution < -0.4 is 16.1 Å². The summed E-state index contributed by atoms with van der Waals surface area (Å²) in [6, 6.07) is 7.21. The van der Waals surface area contributed by atoms with Crippen molar-refractivity contribution < 1.29 is 14.4 Å². The molecule has 0 aromatic heterocycles. The highest BCUT2D eigenvalue weighted by Gasteiger charge is 2.13. The average molecular weight is 397 g/mol. The predicted octanol–water partition coefficient (Wildman–Crippen LogP) is 2.04. The number of hydrazone groups is 1. The molecule has 0 spiro atoms. The van der Waals surface area contributed by atoms with Crippen LogP contribution in [0.15, 0.2) is 33.8 Å². The van der Waals surface area contributed by atoms with Crippen LogP contribution in [-0.2, 0) is 14.4 Å². The molecule has 7 nitrogen and oxygen atoms in total. The summed E-state index contributed by atoms with van der Waals surface area (Å²) in [4.78, 5) is 35.0. The Hall–Kier alpha value is -2.22. The summed E-state index contributed by atoms with van der Waals surface area (Å²) in [5, 5.41) is 8.97. The van der Waals surface area contributed by atoms with Crippen LogP contribution >= 0.6 is 15.9 Å². The first-order chi connectivity index (χ1) is 11.3. The van der Waals surface area contributed by atoms with Gasteiger partial charge in [-0.15, -0.1) is 0 Å². The molecule has 0 unspecified atom stereocenters. The molecule has 3 N–H and O–H groups in total. The highest BCUT2D eigenvalue weighted by Crippen LogP contribution is 2.21. The fraction of sp³-hybridized carbons (Fsp3) is 0.375. The van der Waals surface area contributed by atoms with Gasteiger partial charge in [0.2, 0.25) is 5.91 Å². The smallest absolute Gasteiger partial charge is 0.329 e. The minimum atomic E-state index is -0.860. The Labute approximate surface area is 149 Å². The van der Waals surface area contributed by atoms with Crippen molar-refractivity contribution >= 4 is 45.1 Å². The van der Waals surface area contributed by atoms with Gasteiger partial charge in [-0.25, -0.2) is 5.43 Å². The third-order valence-electron chi connectivity index (χ3n) is 2.79. The Morgan fingerprint density at radius 2 is 1.83 bits per heavy atom. The van der Waals surface area contributed by atoms with Gasteiger partial charge in [-0.3, -0.25) is 14.4 Å². The summed E-state index contributed by atoms with van der Waals surface area (Å²) in [7, 11) is 0. The first kappa shape index (κ1) is 19.8. The third kappa shape index (κ3) is 7.36. The molecule has 0 aliphatic heterocycles. The zero-order valence-electron chi connectivity index (χ0n) is 13.9. The lowest BCUT2D eigenvalue weighted by Gasteiger charge is -2.08. The quantitative estimate of drug-likeness (QED) is 0.389. The molecule has 0 aliphatic carbocycles. The Bertz CT molecular complexity index is 644. The molecule has 0 saturated carbocycles. The van der Waals surface area contributed by atoms with Gasteiger partial charge in [-0.05, 0) is 40.9 Å². The molecule has 1 aromatic rings. The van der Waals surface area contributed by atoms with Gasteiger partial charge in [0.05, 0.1) is 12.1 Å². The van der Waals surface area contributed by atoms with Crippen molar-refractivity contribution in [3.8, 4) is 0 Å². The van der Waals surface area contributed by atoms with E-state index < -0.39 is 11.8 Å². The van der Waals surface area contributed by atoms with Crippen molar-refractivity contribution in [1.82, 2.24) is 10.7 Å². The van der Waals surface area contributed by atoms with E-state index in [1.54, 1.807) is 19.1 Å². The first-order valence-corrected chi connectivity index (χ1v) is 8.24. The Balaban J connectivity index is 2.46. The summed E-state index contributed by atoms with van der Waals surface area (Å²) in [6.45, 7) is 5.84. The van der Waals surface area contributed by atoms with Crippen LogP contribution in [0.1, 0.15) is 27.2 Å². The van der Waals surface area contributed by atoms with E-state index in [0.29, 0.717) is 17.9 Å². The van der Waals surface area contributed by atoms with E-state index in [1.165, 1.54) is 0 Å². The van der Waals surface area contributed by atoms with Crippen LogP contribution in [0.2, 0.25) is 0 Å². The zero-order chi connectivity index (χ0) is 18.1. The monoisotopic (exact) mass is 396 g/mol. The fourth-order valence-electron chi connectivity index (χ4n) is 1.60. The first-order valence-electron chi connectivity index (χ1n) is 7.45. The van der Waals surface area contributed by atoms with Crippen LogP contribution in [0.25, 0.3) is 0 Å². The highest BCUT2D eigenvalue weighted by atomic mass is 79.9. The Morgan fingerprint density at radius 1 is 1.17 bits per heavy atom. The largest absolute Gasteiger partial charge is 0.348 e. The SMILES string of the molecule is C/C(CC(=O)Nc1ccccc1Br)=N\NC(=O)C(=O)NCC(C)C. The van der Waals surface area contributed by atoms with Crippen molar-refractivity contribution in [1.29, 1.82) is 0 Å². The van der Waals surface area contributed by atoms with E-state index >= 15 is 0 Å². The number of hydrogen-bond donors (Lipinski definition) is 3. The number of carbonyl (C=O) groups is 3. The maximum absolute atomic E-state index is 11.9. The van der Waals surface area contributed by atoms with Crippen molar-refractivity contribution in [3.05, 3.63) is 28.7 Å². The summed E-state index contributed by atoms with van der Waals surface area (Å²) in [5.74, 6) is -1.64. The maximum Gasteiger partial charge on any atom is 0.329 e. The molecule has 0 heterocycles. The lowest BCUT2D eigenvalue weighted by atomic mass is 10.2. The fourth-order valence-corrected chi connectivity index (χ4v) is 1.99. The third-order valence-corrected chi connectivity index (χ3v) is 3.48. The van der Waals surface area contributed by atoms with E-state index in [4.69, 9.17) is 0 Å². The second-order valence-electron chi connectivity index (χ2n) is 5.60. The van der Waals surface area contributed by atoms with Gasteiger partial charge in [-0.2, -0.15) is 5.10 Å². The molecule has 130 valence electrons. The van der Waals surface area contributed by atoms with E-state index in [0.717, 1.165) is 4.47 Å². The molecular weight excluding hydrogens is 376 g/mol. The van der Waals surface area contributed by atoms with Gasteiger partial charge in [0.25, 0.3) is 0 Å². The molecule has 1 rings (SSSR count). The molecule has 8 heteroatoms. The number of para-hydroxylation sites is 1. The van der Waals surface area contributed by atoms with Gasteiger partial charge in [0.15, 0.2) is 0 Å². The van der Waals surface area contributed by atoms with Crippen LogP contribution in [0.5, 0.6) is 0 Å². The van der Waals surface area contributed by atoms with E-state index in [2.05, 4.69) is 37.1 Å². The topological polar surface area (TPSA) is 99.7 Å². The number of amides is 3. The molecule has 0 fully saturated rings. The van der Waals surface area contributed by atoms with Gasteiger partial charge >= 0.3 is 11.8 Å². The predicted molar refractivity (Wildman–Crippen MR) is 96.5 cm³/mol. The van der Waals surface area contributed by atoms with E-state index in [1.807, 2.05) is 26.0 Å². The number of carbonyl (C=O) groups excluding carboxylic acids is 3. The van der Waals surface area contributed by atoms with Crippen molar-refractivity contribution in [3.63, 3.8) is 0 Å². The molecular formula is C16H21BrN4O3. The average Bonchev–Trinajstić information content (AvgIpc) is 2.52. The van der Waals surface area contributed by atoms with Crippen LogP contribution in [0.3, 0.4) is 0 Å². The van der Waals surface area contributed by atoms with Crippen LogP contribution in [0, 0.1) is 5.92 Å². The summed E-state index contributed by atoms with van der Waals surface area (Å²) in [5.41, 5.74) is 3.16. The highest BCUT2D eigenvalue weighted by molar-refractivity contribution is 9.10. The van der Waals surface area contributed by atoms with Gasteiger partial charge in [0.1, 0.15) is 0 Å². The molecule has 0 atom stereocenters. The molecule has 0 radical (unpaired) electrons. The molecule has 24 heavy (non-hydrogen) atoms. The van der Waals surface area contributed by atoms with Gasteiger partial charge in [-0.1, -0.05) is 26.0 Å². The zero-order valence-corrected chi connectivity index (χ0v) is 15.4. The molecule has 1 aromatic carbocycles. The minimum Gasteiger partial charge on any atom is -0.348 e. The number of rotatable bonds is 6. The number of nitrogens with zero attached hydrogens (tertiary/aromatic N) is 1. The molecule has 0 saturated heterocycles. The minimum absolute atomic E-state index is 0.00473. The summed E-state index contributed by atoms with van der Waals surface area (Å²) in [6.07, 6.45) is -0.00473. The van der Waals surface area contributed by atoms with Crippen molar-refractivity contribution in [2.75, 3.05) is 11.9 Å². The Morgan fingerprint density at radius 3 is 2.46 bits per heavy atom. The summed E-state index contributed by atoms with van der Waals surface area (Å²) < 4.78 is 0.767. The lowest BCUT2D eigenvalue weighted by Crippen LogP contribution is -2.39. The lowest BCUT2D eigenvalue weighted by molar-refractivity contribution is -0.139. The number of nitrogens with one attached hydrogen (secondary N) is 3. The van der Waals surface area contributed by atoms with Crippen LogP contribution in [0.4, 0.5) is 5.69 Å². The normalized spacial score (nSPS) is 11.1. The molecule has 0 bridgehead atoms. The van der Waals surface area contributed by atoms with E-state index in [9.17, 15) is 14.4 Å². The van der Waals surface area contributed by atoms with Crippen LogP contribution in [-0.4, -0.2) is 30.0 Å². The summed E-state index contributed by atoms with van der Waals surface area (Å²) >= 11 is 3.34. The van der Waals surface area contributed by atoms with E-state index in [-0.39, 0.29) is 18.2 Å². The molecule has 0 aliphatic rings. The number of halogens is 1. The van der Waals surface area contributed by atoms with Crippen molar-refractivity contribution in [2.45, 2.75) is 27.2 Å². The maximum atomic E-state index is 11.9. The Kier molecular flexibility index (Phi) is 8.11. The molecule has 3 amide bonds. The van der Waals surface area contributed by atoms with Crippen molar-refractivity contribution in [2.24, 2.45) is 11.0 Å². The second kappa shape index (κ2) is 9.82. The standard InChI is InChI=1S/C16H21BrN4O3/c1-10(2)9-18-15(23)16(24)21-20-11(3)8-14(22)19-13-7-5-4-6-12(13)17/h4-7,10H,8-9H2,1-3H3,(H,18,23)(H,19,22)(H,21,24)/b20-11+. The number of benzene rings is 1. The second-order valence-corrected chi connectivity index (χ2v) is 6.45. The number of hydrogen-bond acceptors (Lipinski definition) is 4. The van der Waals surface area contributed by atoms with Gasteiger partial charge < -0.3 is 10.6 Å².